The maximum Gasteiger partial charge on any atom is 0.498 e. The van der Waals surface area contributed by atoms with Gasteiger partial charge in [0.1, 0.15) is 17.1 Å². The standard InChI is InChI=1S/C21H22N4O2.C18H19BrN2O2.C14H23BN2O4.CH4/c1-15(17-4-3-5-20(12-17)27-2)24-10-11-25(21(24)26)19-8-6-16(7-9-19)18-13-22-23-14-18;1-13(14-4-3-5-17(12-14)23-2)20-10-11-21(18(20)22)16-8-6-15(19)7-9-16;1-12(2,3)19-11(18)17-9-10(8-16-17)15-20-13(4,5)14(6,7)21-15;/h3-9,12-15H,10-11H2,1-2H3,(H,22,23);3-9,12-13H,10-11H2,1-2H3;8-9H,1-7H3;1H4/t15-;13-;;/m11../s1. The zero-order valence-electron chi connectivity index (χ0n) is 42.4. The molecule has 1 N–H and O–H groups in total. The zero-order valence-corrected chi connectivity index (χ0v) is 44.0. The van der Waals surface area contributed by atoms with Gasteiger partial charge in [-0.1, -0.05) is 59.8 Å². The highest BCUT2D eigenvalue weighted by atomic mass is 79.9. The molecule has 3 fully saturated rings. The Bertz CT molecular complexity index is 2750. The van der Waals surface area contributed by atoms with Crippen LogP contribution in [-0.4, -0.2) is 112 Å². The summed E-state index contributed by atoms with van der Waals surface area (Å²) in [6, 6.07) is 31.7. The van der Waals surface area contributed by atoms with E-state index in [9.17, 15) is 14.4 Å². The third-order valence-corrected chi connectivity index (χ3v) is 13.6. The molecule has 9 rings (SSSR count). The highest BCUT2D eigenvalue weighted by molar-refractivity contribution is 9.10. The van der Waals surface area contributed by atoms with Crippen LogP contribution < -0.4 is 24.7 Å². The number of H-pyrrole nitrogens is 1. The number of methoxy groups -OCH3 is 2. The Balaban J connectivity index is 0.000000177. The van der Waals surface area contributed by atoms with Gasteiger partial charge in [-0.2, -0.15) is 14.9 Å². The van der Waals surface area contributed by atoms with Gasteiger partial charge in [0.05, 0.1) is 43.7 Å². The van der Waals surface area contributed by atoms with Crippen LogP contribution in [0.4, 0.5) is 25.8 Å². The first kappa shape index (κ1) is 54.7. The van der Waals surface area contributed by atoms with E-state index < -0.39 is 30.0 Å². The number of anilines is 2. The smallest absolute Gasteiger partial charge is 0.497 e. The summed E-state index contributed by atoms with van der Waals surface area (Å²) >= 11 is 3.42. The molecule has 6 aromatic rings. The fourth-order valence-corrected chi connectivity index (χ4v) is 8.44. The lowest BCUT2D eigenvalue weighted by atomic mass is 9.82. The van der Waals surface area contributed by atoms with Gasteiger partial charge in [-0.05, 0) is 140 Å². The summed E-state index contributed by atoms with van der Waals surface area (Å²) in [5.74, 6) is 1.61. The van der Waals surface area contributed by atoms with Crippen molar-refractivity contribution >= 4 is 58.0 Å². The van der Waals surface area contributed by atoms with E-state index in [1.54, 1.807) is 32.8 Å². The largest absolute Gasteiger partial charge is 0.498 e. The van der Waals surface area contributed by atoms with Crippen molar-refractivity contribution in [2.24, 2.45) is 0 Å². The van der Waals surface area contributed by atoms with Crippen molar-refractivity contribution in [1.82, 2.24) is 29.8 Å². The van der Waals surface area contributed by atoms with Crippen LogP contribution in [-0.2, 0) is 14.0 Å². The maximum absolute atomic E-state index is 13.0. The molecule has 3 saturated heterocycles. The Morgan fingerprint density at radius 3 is 1.65 bits per heavy atom. The van der Waals surface area contributed by atoms with Gasteiger partial charge in [0.15, 0.2) is 0 Å². The molecule has 0 aliphatic carbocycles. The predicted octanol–water partition coefficient (Wildman–Crippen LogP) is 11.2. The second-order valence-electron chi connectivity index (χ2n) is 19.5. The van der Waals surface area contributed by atoms with E-state index in [-0.39, 0.29) is 31.6 Å². The molecule has 0 bridgehead atoms. The van der Waals surface area contributed by atoms with E-state index in [2.05, 4.69) is 45.1 Å². The average Bonchev–Trinajstić information content (AvgIpc) is 4.21. The summed E-state index contributed by atoms with van der Waals surface area (Å²) in [7, 11) is 2.77. The number of aromatic nitrogens is 4. The topological polar surface area (TPSA) is 157 Å². The van der Waals surface area contributed by atoms with Gasteiger partial charge in [-0.15, -0.1) is 0 Å². The number of nitrogens with zero attached hydrogens (tertiary/aromatic N) is 7. The van der Waals surface area contributed by atoms with E-state index >= 15 is 0 Å². The molecule has 72 heavy (non-hydrogen) atoms. The van der Waals surface area contributed by atoms with Crippen LogP contribution in [0.3, 0.4) is 0 Å². The molecule has 0 radical (unpaired) electrons. The van der Waals surface area contributed by atoms with Crippen LogP contribution in [0.5, 0.6) is 11.5 Å². The number of urea groups is 2. The number of nitrogens with one attached hydrogen (secondary N) is 1. The Kier molecular flexibility index (Phi) is 17.4. The van der Waals surface area contributed by atoms with Crippen molar-refractivity contribution < 1.29 is 37.9 Å². The van der Waals surface area contributed by atoms with Crippen LogP contribution in [0.25, 0.3) is 11.1 Å². The van der Waals surface area contributed by atoms with Gasteiger partial charge in [0.25, 0.3) is 0 Å². The molecule has 16 nitrogen and oxygen atoms in total. The predicted molar refractivity (Wildman–Crippen MR) is 286 cm³/mol. The summed E-state index contributed by atoms with van der Waals surface area (Å²) < 4.78 is 29.8. The number of aromatic amines is 1. The van der Waals surface area contributed by atoms with Crippen molar-refractivity contribution in [2.45, 2.75) is 98.6 Å². The number of carbonyl (C=O) groups excluding carboxylic acids is 3. The minimum Gasteiger partial charge on any atom is -0.497 e. The number of carbonyl (C=O) groups is 3. The van der Waals surface area contributed by atoms with Gasteiger partial charge in [0.2, 0.25) is 0 Å². The van der Waals surface area contributed by atoms with Crippen LogP contribution >= 0.6 is 15.9 Å². The molecular weight excluding hydrogens is 979 g/mol. The molecule has 2 atom stereocenters. The molecule has 3 aliphatic rings. The van der Waals surface area contributed by atoms with E-state index in [1.807, 2.05) is 171 Å². The quantitative estimate of drug-likeness (QED) is 0.131. The third kappa shape index (κ3) is 12.7. The van der Waals surface area contributed by atoms with Crippen LogP contribution in [0.15, 0.2) is 126 Å². The zero-order chi connectivity index (χ0) is 51.3. The van der Waals surface area contributed by atoms with Gasteiger partial charge in [-0.3, -0.25) is 14.9 Å². The van der Waals surface area contributed by atoms with Crippen molar-refractivity contribution in [2.75, 3.05) is 50.2 Å². The number of amides is 4. The maximum atomic E-state index is 13.0. The number of halogens is 1. The number of hydrogen-bond acceptors (Lipinski definition) is 10. The van der Waals surface area contributed by atoms with Crippen molar-refractivity contribution in [3.63, 3.8) is 0 Å². The Morgan fingerprint density at radius 2 is 1.21 bits per heavy atom. The number of ether oxygens (including phenoxy) is 3. The lowest BCUT2D eigenvalue weighted by Crippen LogP contribution is -2.41. The first-order valence-corrected chi connectivity index (χ1v) is 24.4. The minimum absolute atomic E-state index is 0. The summed E-state index contributed by atoms with van der Waals surface area (Å²) in [5, 5.41) is 10.8. The average molecular weight is 1050 g/mol. The van der Waals surface area contributed by atoms with Gasteiger partial charge >= 0.3 is 25.3 Å². The summed E-state index contributed by atoms with van der Waals surface area (Å²) in [4.78, 5) is 45.2. The van der Waals surface area contributed by atoms with E-state index in [4.69, 9.17) is 23.5 Å². The Labute approximate surface area is 432 Å². The Morgan fingerprint density at radius 1 is 0.722 bits per heavy atom. The van der Waals surface area contributed by atoms with Gasteiger partial charge < -0.3 is 33.3 Å². The van der Waals surface area contributed by atoms with Crippen LogP contribution in [0.2, 0.25) is 0 Å². The van der Waals surface area contributed by atoms with E-state index in [1.165, 1.54) is 0 Å². The second kappa shape index (κ2) is 22.8. The molecule has 4 amide bonds. The molecule has 382 valence electrons. The van der Waals surface area contributed by atoms with Gasteiger partial charge in [0, 0.05) is 71.6 Å². The molecule has 0 unspecified atom stereocenters. The number of hydrogen-bond donors (Lipinski definition) is 1. The third-order valence-electron chi connectivity index (χ3n) is 13.0. The van der Waals surface area contributed by atoms with Crippen molar-refractivity contribution in [1.29, 1.82) is 0 Å². The van der Waals surface area contributed by atoms with Crippen LogP contribution in [0, 0.1) is 0 Å². The molecule has 3 aliphatic heterocycles. The SMILES string of the molecule is C.CC(C)(C)OC(=O)n1cc(B2OC(C)(C)C(C)(C)O2)cn1.COc1cccc([C@@H](C)N2CCN(c3ccc(-c4cn[nH]c4)cc3)C2=O)c1.COc1cccc([C@@H](C)N2CCN(c3ccc(Br)cc3)C2=O)c1. The number of rotatable bonds is 10. The fraction of sp³-hybridized carbons (Fsp3) is 0.389. The molecular formula is C54H68BBrN8O8. The van der Waals surface area contributed by atoms with Crippen molar-refractivity contribution in [3.8, 4) is 22.6 Å². The molecule has 5 heterocycles. The fourth-order valence-electron chi connectivity index (χ4n) is 8.18. The molecule has 18 heteroatoms. The molecule has 0 saturated carbocycles. The molecule has 2 aromatic heterocycles. The first-order chi connectivity index (χ1) is 33.7. The Hall–Kier alpha value is -6.63. The lowest BCUT2D eigenvalue weighted by molar-refractivity contribution is 0.00578. The van der Waals surface area contributed by atoms with Gasteiger partial charge in [-0.25, -0.2) is 14.4 Å². The summed E-state index contributed by atoms with van der Waals surface area (Å²) in [6.45, 7) is 20.2. The monoisotopic (exact) mass is 1050 g/mol. The van der Waals surface area contributed by atoms with E-state index in [0.29, 0.717) is 31.6 Å². The molecule has 4 aromatic carbocycles. The second-order valence-corrected chi connectivity index (χ2v) is 20.4. The van der Waals surface area contributed by atoms with E-state index in [0.717, 1.165) is 54.3 Å². The first-order valence-electron chi connectivity index (χ1n) is 23.6. The normalized spacial score (nSPS) is 16.8. The molecule has 0 spiro atoms. The summed E-state index contributed by atoms with van der Waals surface area (Å²) in [5.41, 5.74) is 5.37. The summed E-state index contributed by atoms with van der Waals surface area (Å²) in [6.07, 6.45) is 6.26. The highest BCUT2D eigenvalue weighted by Crippen LogP contribution is 2.37. The number of benzene rings is 4. The van der Waals surface area contributed by atoms with Crippen LogP contribution in [0.1, 0.15) is 93.0 Å². The minimum atomic E-state index is -0.562. The lowest BCUT2D eigenvalue weighted by Gasteiger charge is -2.32. The highest BCUT2D eigenvalue weighted by Gasteiger charge is 2.52. The van der Waals surface area contributed by atoms with Crippen molar-refractivity contribution in [3.05, 3.63) is 137 Å².